The van der Waals surface area contributed by atoms with Crippen molar-refractivity contribution in [3.63, 3.8) is 0 Å². The van der Waals surface area contributed by atoms with E-state index in [2.05, 4.69) is 17.2 Å². The standard InChI is InChI=1S/C24H28N4O3/c1-4-31-22(29)13-15-28(3)24(30)21-12-7-18(16-17(21)2)6-5-14-27-20-10-8-19(9-11-20)23(25)26/h7-12,16,27H,4,13-15H2,1-3H3,(H3,25,26). The third-order valence-corrected chi connectivity index (χ3v) is 4.57. The molecule has 0 saturated heterocycles. The third-order valence-electron chi connectivity index (χ3n) is 4.57. The Hall–Kier alpha value is -3.79. The number of benzene rings is 2. The van der Waals surface area contributed by atoms with Gasteiger partial charge in [0.2, 0.25) is 0 Å². The van der Waals surface area contributed by atoms with Gasteiger partial charge in [0.05, 0.1) is 19.6 Å². The molecule has 2 rings (SSSR count). The molecule has 0 aromatic heterocycles. The minimum Gasteiger partial charge on any atom is -0.466 e. The summed E-state index contributed by atoms with van der Waals surface area (Å²) in [4.78, 5) is 25.6. The van der Waals surface area contributed by atoms with Crippen LogP contribution >= 0.6 is 0 Å². The van der Waals surface area contributed by atoms with Crippen molar-refractivity contribution < 1.29 is 14.3 Å². The van der Waals surface area contributed by atoms with Gasteiger partial charge in [-0.05, 0) is 61.9 Å². The Bertz CT molecular complexity index is 1000. The minimum absolute atomic E-state index is 0.0360. The maximum Gasteiger partial charge on any atom is 0.307 e. The SMILES string of the molecule is CCOC(=O)CCN(C)C(=O)c1ccc(C#CCNc2ccc(C(=N)N)cc2)cc1C. The fourth-order valence-electron chi connectivity index (χ4n) is 2.84. The molecule has 0 bridgehead atoms. The number of aryl methyl sites for hydroxylation is 1. The molecule has 4 N–H and O–H groups in total. The summed E-state index contributed by atoms with van der Waals surface area (Å²) in [6, 6.07) is 12.7. The lowest BCUT2D eigenvalue weighted by Gasteiger charge is -2.18. The molecule has 0 aliphatic carbocycles. The van der Waals surface area contributed by atoms with Crippen LogP contribution in [0.3, 0.4) is 0 Å². The van der Waals surface area contributed by atoms with Gasteiger partial charge in [-0.2, -0.15) is 0 Å². The largest absolute Gasteiger partial charge is 0.466 e. The lowest BCUT2D eigenvalue weighted by atomic mass is 10.0. The Balaban J connectivity index is 1.92. The van der Waals surface area contributed by atoms with Gasteiger partial charge in [0.15, 0.2) is 0 Å². The average molecular weight is 421 g/mol. The van der Waals surface area contributed by atoms with E-state index in [0.29, 0.717) is 30.8 Å². The second kappa shape index (κ2) is 11.4. The number of ether oxygens (including phenoxy) is 1. The molecule has 0 saturated carbocycles. The van der Waals surface area contributed by atoms with Gasteiger partial charge in [-0.1, -0.05) is 11.8 Å². The Labute approximate surface area is 183 Å². The lowest BCUT2D eigenvalue weighted by Crippen LogP contribution is -2.30. The van der Waals surface area contributed by atoms with Gasteiger partial charge in [0, 0.05) is 36.0 Å². The van der Waals surface area contributed by atoms with Gasteiger partial charge in [0.25, 0.3) is 5.91 Å². The number of nitrogens with zero attached hydrogens (tertiary/aromatic N) is 1. The third kappa shape index (κ3) is 7.19. The molecule has 0 fully saturated rings. The summed E-state index contributed by atoms with van der Waals surface area (Å²) in [6.45, 7) is 4.71. The first-order valence-electron chi connectivity index (χ1n) is 10.0. The number of carbonyl (C=O) groups is 2. The maximum absolute atomic E-state index is 12.6. The number of carbonyl (C=O) groups excluding carboxylic acids is 2. The average Bonchev–Trinajstić information content (AvgIpc) is 2.75. The number of esters is 1. The molecule has 0 atom stereocenters. The monoisotopic (exact) mass is 420 g/mol. The van der Waals surface area contributed by atoms with Crippen molar-refractivity contribution in [2.24, 2.45) is 5.73 Å². The van der Waals surface area contributed by atoms with Crippen molar-refractivity contribution in [1.82, 2.24) is 4.90 Å². The van der Waals surface area contributed by atoms with Crippen LogP contribution in [0.15, 0.2) is 42.5 Å². The molecular weight excluding hydrogens is 392 g/mol. The molecule has 7 heteroatoms. The molecule has 0 aliphatic heterocycles. The number of anilines is 1. The maximum atomic E-state index is 12.6. The van der Waals surface area contributed by atoms with Gasteiger partial charge in [0.1, 0.15) is 5.84 Å². The predicted octanol–water partition coefficient (Wildman–Crippen LogP) is 2.77. The second-order valence-electron chi connectivity index (χ2n) is 6.96. The molecule has 1 amide bonds. The molecule has 7 nitrogen and oxygen atoms in total. The number of hydrogen-bond acceptors (Lipinski definition) is 5. The van der Waals surface area contributed by atoms with E-state index in [4.69, 9.17) is 15.9 Å². The van der Waals surface area contributed by atoms with E-state index in [1.54, 1.807) is 32.2 Å². The van der Waals surface area contributed by atoms with Crippen LogP contribution in [0, 0.1) is 24.2 Å². The predicted molar refractivity (Wildman–Crippen MR) is 122 cm³/mol. The van der Waals surface area contributed by atoms with Crippen LogP contribution in [0.25, 0.3) is 0 Å². The zero-order valence-corrected chi connectivity index (χ0v) is 18.1. The summed E-state index contributed by atoms with van der Waals surface area (Å²) in [5.74, 6) is 5.72. The Morgan fingerprint density at radius 2 is 1.90 bits per heavy atom. The first-order chi connectivity index (χ1) is 14.8. The lowest BCUT2D eigenvalue weighted by molar-refractivity contribution is -0.143. The van der Waals surface area contributed by atoms with Crippen molar-refractivity contribution in [2.75, 3.05) is 32.1 Å². The molecule has 0 heterocycles. The topological polar surface area (TPSA) is 109 Å². The van der Waals surface area contributed by atoms with E-state index in [9.17, 15) is 9.59 Å². The van der Waals surface area contributed by atoms with Gasteiger partial charge >= 0.3 is 5.97 Å². The summed E-state index contributed by atoms with van der Waals surface area (Å²) in [5, 5.41) is 10.6. The number of nitrogen functional groups attached to an aromatic ring is 1. The van der Waals surface area contributed by atoms with E-state index in [0.717, 1.165) is 16.8 Å². The van der Waals surface area contributed by atoms with E-state index in [-0.39, 0.29) is 24.1 Å². The number of nitrogens with one attached hydrogen (secondary N) is 2. The second-order valence-corrected chi connectivity index (χ2v) is 6.96. The Kier molecular flexibility index (Phi) is 8.64. The first-order valence-corrected chi connectivity index (χ1v) is 10.0. The number of nitrogens with two attached hydrogens (primary N) is 1. The number of amides is 1. The summed E-state index contributed by atoms with van der Waals surface area (Å²) < 4.78 is 4.90. The zero-order chi connectivity index (χ0) is 22.8. The van der Waals surface area contributed by atoms with Crippen molar-refractivity contribution in [3.05, 3.63) is 64.7 Å². The van der Waals surface area contributed by atoms with E-state index < -0.39 is 0 Å². The van der Waals surface area contributed by atoms with Crippen molar-refractivity contribution in [1.29, 1.82) is 5.41 Å². The van der Waals surface area contributed by atoms with E-state index in [1.165, 1.54) is 4.90 Å². The first kappa shape index (κ1) is 23.5. The van der Waals surface area contributed by atoms with E-state index >= 15 is 0 Å². The molecule has 2 aromatic carbocycles. The van der Waals surface area contributed by atoms with Gasteiger partial charge in [-0.25, -0.2) is 0 Å². The molecule has 0 spiro atoms. The summed E-state index contributed by atoms with van der Waals surface area (Å²) in [6.07, 6.45) is 0.170. The van der Waals surface area contributed by atoms with Crippen LogP contribution in [0.4, 0.5) is 5.69 Å². The molecule has 162 valence electrons. The quantitative estimate of drug-likeness (QED) is 0.263. The van der Waals surface area contributed by atoms with Gasteiger partial charge in [-0.3, -0.25) is 15.0 Å². The highest BCUT2D eigenvalue weighted by molar-refractivity contribution is 5.96. The summed E-state index contributed by atoms with van der Waals surface area (Å²) >= 11 is 0. The van der Waals surface area contributed by atoms with Gasteiger partial charge in [-0.15, -0.1) is 0 Å². The highest BCUT2D eigenvalue weighted by Gasteiger charge is 2.15. The van der Waals surface area contributed by atoms with Crippen molar-refractivity contribution >= 4 is 23.4 Å². The van der Waals surface area contributed by atoms with Crippen LogP contribution < -0.4 is 11.1 Å². The molecule has 2 aromatic rings. The van der Waals surface area contributed by atoms with E-state index in [1.807, 2.05) is 31.2 Å². The Morgan fingerprint density at radius 1 is 1.19 bits per heavy atom. The van der Waals surface area contributed by atoms with Crippen molar-refractivity contribution in [2.45, 2.75) is 20.3 Å². The Morgan fingerprint density at radius 3 is 2.52 bits per heavy atom. The van der Waals surface area contributed by atoms with Crippen LogP contribution in [0.2, 0.25) is 0 Å². The van der Waals surface area contributed by atoms with Crippen LogP contribution in [0.1, 0.15) is 40.4 Å². The molecular formula is C24H28N4O3. The molecule has 31 heavy (non-hydrogen) atoms. The van der Waals surface area contributed by atoms with Crippen LogP contribution in [0.5, 0.6) is 0 Å². The number of amidine groups is 1. The highest BCUT2D eigenvalue weighted by atomic mass is 16.5. The zero-order valence-electron chi connectivity index (χ0n) is 18.1. The fourth-order valence-corrected chi connectivity index (χ4v) is 2.84. The molecule has 0 unspecified atom stereocenters. The summed E-state index contributed by atoms with van der Waals surface area (Å²) in [7, 11) is 1.67. The normalized spacial score (nSPS) is 9.90. The number of hydrogen-bond donors (Lipinski definition) is 3. The molecule has 0 aliphatic rings. The van der Waals surface area contributed by atoms with Gasteiger partial charge < -0.3 is 20.7 Å². The summed E-state index contributed by atoms with van der Waals surface area (Å²) in [5.41, 5.74) is 9.24. The molecule has 0 radical (unpaired) electrons. The number of rotatable bonds is 8. The highest BCUT2D eigenvalue weighted by Crippen LogP contribution is 2.13. The van der Waals surface area contributed by atoms with Crippen molar-refractivity contribution in [3.8, 4) is 11.8 Å². The minimum atomic E-state index is -0.312. The smallest absolute Gasteiger partial charge is 0.307 e. The fraction of sp³-hybridized carbons (Fsp3) is 0.292. The van der Waals surface area contributed by atoms with Crippen LogP contribution in [-0.2, 0) is 9.53 Å². The van der Waals surface area contributed by atoms with Crippen LogP contribution in [-0.4, -0.2) is 49.4 Å².